The minimum Gasteiger partial charge on any atom is -0.395 e. The fourth-order valence-corrected chi connectivity index (χ4v) is 0.952. The van der Waals surface area contributed by atoms with Crippen LogP contribution in [0.4, 0.5) is 17.2 Å². The number of nitrogen functional groups attached to an aromatic ring is 1. The van der Waals surface area contributed by atoms with Crippen LogP contribution in [0.25, 0.3) is 0 Å². The van der Waals surface area contributed by atoms with E-state index in [2.05, 4.69) is 10.3 Å². The van der Waals surface area contributed by atoms with Crippen LogP contribution >= 0.6 is 0 Å². The van der Waals surface area contributed by atoms with E-state index in [0.717, 1.165) is 0 Å². The van der Waals surface area contributed by atoms with E-state index in [4.69, 9.17) is 10.8 Å². The van der Waals surface area contributed by atoms with E-state index in [0.29, 0.717) is 5.69 Å². The summed E-state index contributed by atoms with van der Waals surface area (Å²) >= 11 is 0. The van der Waals surface area contributed by atoms with Gasteiger partial charge in [-0.1, -0.05) is 0 Å². The third kappa shape index (κ3) is 2.07. The Kier molecular flexibility index (Phi) is 3.19. The molecule has 0 spiro atoms. The predicted molar refractivity (Wildman–Crippen MR) is 50.9 cm³/mol. The Labute approximate surface area is 79.7 Å². The number of hydrogen-bond donors (Lipinski definition) is 3. The number of nitrogens with one attached hydrogen (secondary N) is 1. The van der Waals surface area contributed by atoms with Crippen molar-refractivity contribution in [1.29, 1.82) is 0 Å². The first kappa shape index (κ1) is 10.2. The molecule has 0 aromatic carbocycles. The van der Waals surface area contributed by atoms with Crippen LogP contribution in [-0.4, -0.2) is 28.2 Å². The SMILES string of the molecule is Nc1c(NCCO)ccnc1[N+](=O)[O-]. The van der Waals surface area contributed by atoms with Gasteiger partial charge in [-0.3, -0.25) is 0 Å². The number of aliphatic hydroxyl groups excluding tert-OH is 1. The maximum atomic E-state index is 10.4. The Morgan fingerprint density at radius 1 is 1.71 bits per heavy atom. The maximum absolute atomic E-state index is 10.4. The summed E-state index contributed by atoms with van der Waals surface area (Å²) in [6.45, 7) is 0.209. The molecule has 0 saturated heterocycles. The highest BCUT2D eigenvalue weighted by Gasteiger charge is 2.15. The van der Waals surface area contributed by atoms with Gasteiger partial charge in [0.2, 0.25) is 0 Å². The van der Waals surface area contributed by atoms with Gasteiger partial charge in [-0.05, 0) is 9.91 Å². The fourth-order valence-electron chi connectivity index (χ4n) is 0.952. The maximum Gasteiger partial charge on any atom is 0.388 e. The third-order valence-electron chi connectivity index (χ3n) is 1.57. The summed E-state index contributed by atoms with van der Waals surface area (Å²) in [5.74, 6) is -0.382. The molecule has 0 aliphatic carbocycles. The summed E-state index contributed by atoms with van der Waals surface area (Å²) in [4.78, 5) is 13.3. The molecule has 1 rings (SSSR count). The quantitative estimate of drug-likeness (QED) is 0.462. The van der Waals surface area contributed by atoms with Crippen LogP contribution in [0.1, 0.15) is 0 Å². The third-order valence-corrected chi connectivity index (χ3v) is 1.57. The first-order valence-electron chi connectivity index (χ1n) is 3.90. The molecule has 0 radical (unpaired) electrons. The van der Waals surface area contributed by atoms with Gasteiger partial charge in [-0.15, -0.1) is 0 Å². The summed E-state index contributed by atoms with van der Waals surface area (Å²) in [5.41, 5.74) is 5.86. The normalized spacial score (nSPS) is 9.79. The van der Waals surface area contributed by atoms with Crippen LogP contribution in [0.3, 0.4) is 0 Å². The van der Waals surface area contributed by atoms with Crippen molar-refractivity contribution in [3.8, 4) is 0 Å². The van der Waals surface area contributed by atoms with Gasteiger partial charge in [0, 0.05) is 12.6 Å². The highest BCUT2D eigenvalue weighted by molar-refractivity contribution is 5.73. The second-order valence-corrected chi connectivity index (χ2v) is 2.50. The molecule has 1 aromatic heterocycles. The average molecular weight is 198 g/mol. The lowest BCUT2D eigenvalue weighted by atomic mass is 10.3. The Morgan fingerprint density at radius 2 is 2.43 bits per heavy atom. The molecule has 0 saturated carbocycles. The lowest BCUT2D eigenvalue weighted by Gasteiger charge is -2.06. The molecule has 1 aromatic rings. The Balaban J connectivity index is 2.95. The van der Waals surface area contributed by atoms with Crippen LogP contribution in [-0.2, 0) is 0 Å². The zero-order valence-electron chi connectivity index (χ0n) is 7.30. The van der Waals surface area contributed by atoms with Crippen LogP contribution in [0.15, 0.2) is 12.3 Å². The molecule has 0 amide bonds. The second kappa shape index (κ2) is 4.38. The van der Waals surface area contributed by atoms with Crippen molar-refractivity contribution in [2.45, 2.75) is 0 Å². The molecule has 0 atom stereocenters. The van der Waals surface area contributed by atoms with Gasteiger partial charge < -0.3 is 26.3 Å². The van der Waals surface area contributed by atoms with Gasteiger partial charge in [0.05, 0.1) is 12.3 Å². The van der Waals surface area contributed by atoms with E-state index in [1.54, 1.807) is 0 Å². The number of pyridine rings is 1. The van der Waals surface area contributed by atoms with Crippen molar-refractivity contribution in [1.82, 2.24) is 4.98 Å². The van der Waals surface area contributed by atoms with E-state index >= 15 is 0 Å². The minimum absolute atomic E-state index is 0.0223. The molecule has 1 heterocycles. The van der Waals surface area contributed by atoms with E-state index < -0.39 is 4.92 Å². The molecule has 0 unspecified atom stereocenters. The molecule has 0 aliphatic heterocycles. The summed E-state index contributed by atoms with van der Waals surface area (Å²) in [7, 11) is 0. The van der Waals surface area contributed by atoms with Crippen LogP contribution < -0.4 is 11.1 Å². The number of rotatable bonds is 4. The topological polar surface area (TPSA) is 114 Å². The van der Waals surface area contributed by atoms with Crippen molar-refractivity contribution in [2.24, 2.45) is 0 Å². The largest absolute Gasteiger partial charge is 0.395 e. The standard InChI is InChI=1S/C7H10N4O3/c8-6-5(9-3-4-12)1-2-10-7(6)11(13)14/h1-2,12H,3-4,8H2,(H,9,10). The average Bonchev–Trinajstić information content (AvgIpc) is 2.16. The van der Waals surface area contributed by atoms with Crippen molar-refractivity contribution in [2.75, 3.05) is 24.2 Å². The molecule has 0 bridgehead atoms. The molecule has 7 heteroatoms. The molecule has 0 aliphatic rings. The van der Waals surface area contributed by atoms with Gasteiger partial charge in [0.15, 0.2) is 5.69 Å². The van der Waals surface area contributed by atoms with E-state index in [9.17, 15) is 10.1 Å². The lowest BCUT2D eigenvalue weighted by Crippen LogP contribution is -2.09. The van der Waals surface area contributed by atoms with E-state index in [1.807, 2.05) is 0 Å². The Morgan fingerprint density at radius 3 is 3.00 bits per heavy atom. The molecular formula is C7H10N4O3. The molecule has 0 fully saturated rings. The number of anilines is 2. The number of aromatic nitrogens is 1. The van der Waals surface area contributed by atoms with Gasteiger partial charge in [0.1, 0.15) is 6.20 Å². The summed E-state index contributed by atoms with van der Waals surface area (Å²) in [6.07, 6.45) is 1.29. The number of nitrogens with zero attached hydrogens (tertiary/aromatic N) is 2. The zero-order chi connectivity index (χ0) is 10.6. The van der Waals surface area contributed by atoms with Crippen LogP contribution in [0.5, 0.6) is 0 Å². The lowest BCUT2D eigenvalue weighted by molar-refractivity contribution is -0.388. The first-order valence-corrected chi connectivity index (χ1v) is 3.90. The van der Waals surface area contributed by atoms with E-state index in [1.165, 1.54) is 12.3 Å². The smallest absolute Gasteiger partial charge is 0.388 e. The predicted octanol–water partition coefficient (Wildman–Crippen LogP) is -0.0238. The molecule has 76 valence electrons. The Hall–Kier alpha value is -1.89. The zero-order valence-corrected chi connectivity index (χ0v) is 7.30. The van der Waals surface area contributed by atoms with Gasteiger partial charge in [-0.2, -0.15) is 0 Å². The fraction of sp³-hybridized carbons (Fsp3) is 0.286. The molecule has 14 heavy (non-hydrogen) atoms. The molecular weight excluding hydrogens is 188 g/mol. The van der Waals surface area contributed by atoms with Crippen molar-refractivity contribution in [3.63, 3.8) is 0 Å². The number of nitrogens with two attached hydrogens (primary N) is 1. The van der Waals surface area contributed by atoms with Gasteiger partial charge in [-0.25, -0.2) is 0 Å². The molecule has 4 N–H and O–H groups in total. The Bertz CT molecular complexity index is 342. The first-order chi connectivity index (χ1) is 6.66. The van der Waals surface area contributed by atoms with Gasteiger partial charge >= 0.3 is 5.82 Å². The van der Waals surface area contributed by atoms with Crippen LogP contribution in [0.2, 0.25) is 0 Å². The monoisotopic (exact) mass is 198 g/mol. The second-order valence-electron chi connectivity index (χ2n) is 2.50. The number of hydrogen-bond acceptors (Lipinski definition) is 6. The minimum atomic E-state index is -0.653. The summed E-state index contributed by atoms with van der Waals surface area (Å²) < 4.78 is 0. The molecule has 7 nitrogen and oxygen atoms in total. The number of nitro groups is 1. The highest BCUT2D eigenvalue weighted by atomic mass is 16.6. The van der Waals surface area contributed by atoms with Crippen molar-refractivity contribution in [3.05, 3.63) is 22.4 Å². The van der Waals surface area contributed by atoms with Crippen molar-refractivity contribution >= 4 is 17.2 Å². The van der Waals surface area contributed by atoms with Gasteiger partial charge in [0.25, 0.3) is 0 Å². The number of aliphatic hydroxyl groups is 1. The summed E-state index contributed by atoms with van der Waals surface area (Å²) in [6, 6.07) is 1.51. The highest BCUT2D eigenvalue weighted by Crippen LogP contribution is 2.25. The van der Waals surface area contributed by atoms with Crippen LogP contribution in [0, 0.1) is 10.1 Å². The van der Waals surface area contributed by atoms with E-state index in [-0.39, 0.29) is 24.7 Å². The summed E-state index contributed by atoms with van der Waals surface area (Å²) in [5, 5.41) is 21.7. The van der Waals surface area contributed by atoms with Crippen molar-refractivity contribution < 1.29 is 10.0 Å².